The first-order chi connectivity index (χ1) is 15.3. The Kier molecular flexibility index (Phi) is 6.12. The zero-order valence-electron chi connectivity index (χ0n) is 16.8. The van der Waals surface area contributed by atoms with E-state index in [4.69, 9.17) is 9.29 Å². The largest absolute Gasteiger partial charge is 0.454 e. The van der Waals surface area contributed by atoms with Crippen molar-refractivity contribution >= 4 is 22.2 Å². The molecule has 2 aromatic carbocycles. The molecule has 0 aliphatic rings. The third-order valence-corrected chi connectivity index (χ3v) is 5.32. The molecule has 0 amide bonds. The van der Waals surface area contributed by atoms with Gasteiger partial charge in [0.05, 0.1) is 6.20 Å². The molecule has 166 valence electrons. The van der Waals surface area contributed by atoms with Crippen LogP contribution in [0.25, 0.3) is 22.0 Å². The molecule has 0 bridgehead atoms. The Morgan fingerprint density at radius 1 is 1.19 bits per heavy atom. The molecule has 1 unspecified atom stereocenters. The summed E-state index contributed by atoms with van der Waals surface area (Å²) in [6, 6.07) is 8.15. The Balaban J connectivity index is 1.84. The molecule has 32 heavy (non-hydrogen) atoms. The Hall–Kier alpha value is -3.41. The van der Waals surface area contributed by atoms with Crippen LogP contribution in [-0.4, -0.2) is 30.1 Å². The van der Waals surface area contributed by atoms with Gasteiger partial charge in [0.1, 0.15) is 17.1 Å². The Morgan fingerprint density at radius 3 is 2.72 bits per heavy atom. The normalized spacial score (nSPS) is 12.2. The van der Waals surface area contributed by atoms with Crippen molar-refractivity contribution in [2.45, 2.75) is 6.42 Å². The quantitative estimate of drug-likeness (QED) is 0.367. The molecule has 2 aromatic heterocycles. The molecule has 11 heteroatoms. The van der Waals surface area contributed by atoms with Gasteiger partial charge in [-0.3, -0.25) is 14.4 Å². The van der Waals surface area contributed by atoms with Crippen LogP contribution in [0.2, 0.25) is 0 Å². The van der Waals surface area contributed by atoms with Crippen molar-refractivity contribution in [3.05, 3.63) is 76.3 Å². The lowest BCUT2D eigenvalue weighted by atomic mass is 9.99. The molecule has 8 nitrogen and oxygen atoms in total. The molecule has 0 aliphatic heterocycles. The summed E-state index contributed by atoms with van der Waals surface area (Å²) in [5, 5.41) is 7.20. The van der Waals surface area contributed by atoms with Gasteiger partial charge in [-0.15, -0.1) is 0 Å². The lowest BCUT2D eigenvalue weighted by molar-refractivity contribution is 0.439. The second kappa shape index (κ2) is 8.99. The zero-order valence-corrected chi connectivity index (χ0v) is 17.6. The van der Waals surface area contributed by atoms with E-state index in [1.807, 2.05) is 0 Å². The molecule has 2 heterocycles. The molecule has 4 rings (SSSR count). The number of aromatic nitrogens is 3. The molecule has 0 aliphatic carbocycles. The first kappa shape index (κ1) is 21.8. The van der Waals surface area contributed by atoms with E-state index in [0.717, 1.165) is 17.7 Å². The summed E-state index contributed by atoms with van der Waals surface area (Å²) in [5.74, 6) is -1.47. The number of nitrogens with one attached hydrogen (secondary N) is 2. The Morgan fingerprint density at radius 2 is 1.97 bits per heavy atom. The fraction of sp³-hybridized carbons (Fsp3) is 0.143. The first-order valence-electron chi connectivity index (χ1n) is 9.47. The molecular formula is C21H18F2N4O4S. The topological polar surface area (TPSA) is 109 Å². The zero-order chi connectivity index (χ0) is 22.8. The SMILES string of the molecule is Cn1cc(-c2cc(CCNS(=O)O)ccc2Oc2ccc(F)cc2F)c2cn[nH]c2c1=O. The summed E-state index contributed by atoms with van der Waals surface area (Å²) in [7, 11) is 1.59. The molecule has 4 aromatic rings. The van der Waals surface area contributed by atoms with E-state index in [1.165, 1.54) is 16.8 Å². The highest BCUT2D eigenvalue weighted by Gasteiger charge is 2.17. The molecule has 0 saturated heterocycles. The number of ether oxygens (including phenoxy) is 1. The van der Waals surface area contributed by atoms with Crippen molar-refractivity contribution in [1.29, 1.82) is 0 Å². The summed E-state index contributed by atoms with van der Waals surface area (Å²) in [4.78, 5) is 12.4. The van der Waals surface area contributed by atoms with Gasteiger partial charge in [0.25, 0.3) is 5.56 Å². The van der Waals surface area contributed by atoms with Crippen molar-refractivity contribution in [2.75, 3.05) is 6.54 Å². The number of nitrogens with zero attached hydrogens (tertiary/aromatic N) is 2. The monoisotopic (exact) mass is 460 g/mol. The summed E-state index contributed by atoms with van der Waals surface area (Å²) < 4.78 is 56.9. The van der Waals surface area contributed by atoms with Crippen molar-refractivity contribution in [3.63, 3.8) is 0 Å². The van der Waals surface area contributed by atoms with Gasteiger partial charge in [-0.25, -0.2) is 17.7 Å². The van der Waals surface area contributed by atoms with Crippen molar-refractivity contribution in [2.24, 2.45) is 7.05 Å². The number of rotatable bonds is 7. The van der Waals surface area contributed by atoms with Crippen LogP contribution >= 0.6 is 0 Å². The van der Waals surface area contributed by atoms with E-state index in [-0.39, 0.29) is 23.6 Å². The fourth-order valence-electron chi connectivity index (χ4n) is 3.36. The highest BCUT2D eigenvalue weighted by Crippen LogP contribution is 2.37. The van der Waals surface area contributed by atoms with Gasteiger partial charge in [-0.05, 0) is 36.2 Å². The summed E-state index contributed by atoms with van der Waals surface area (Å²) in [6.07, 6.45) is 3.55. The van der Waals surface area contributed by atoms with Crippen LogP contribution in [0.5, 0.6) is 11.5 Å². The smallest absolute Gasteiger partial charge is 0.276 e. The van der Waals surface area contributed by atoms with Gasteiger partial charge >= 0.3 is 0 Å². The summed E-state index contributed by atoms with van der Waals surface area (Å²) >= 11 is -2.13. The first-order valence-corrected chi connectivity index (χ1v) is 10.6. The molecule has 0 fully saturated rings. The van der Waals surface area contributed by atoms with E-state index in [1.54, 1.807) is 31.4 Å². The Bertz CT molecular complexity index is 1390. The molecule has 1 atom stereocenters. The minimum atomic E-state index is -2.13. The van der Waals surface area contributed by atoms with Gasteiger partial charge < -0.3 is 9.30 Å². The van der Waals surface area contributed by atoms with Crippen LogP contribution in [-0.2, 0) is 24.7 Å². The van der Waals surface area contributed by atoms with Crippen LogP contribution < -0.4 is 15.0 Å². The molecular weight excluding hydrogens is 442 g/mol. The second-order valence-electron chi connectivity index (χ2n) is 7.02. The maximum absolute atomic E-state index is 14.2. The van der Waals surface area contributed by atoms with Crippen LogP contribution in [0, 0.1) is 11.6 Å². The average molecular weight is 460 g/mol. The van der Waals surface area contributed by atoms with Crippen molar-refractivity contribution in [3.8, 4) is 22.6 Å². The van der Waals surface area contributed by atoms with Gasteiger partial charge in [0.2, 0.25) is 11.3 Å². The third-order valence-electron chi connectivity index (χ3n) is 4.87. The lowest BCUT2D eigenvalue weighted by Crippen LogP contribution is -2.19. The summed E-state index contributed by atoms with van der Waals surface area (Å²) in [5.41, 5.74) is 1.98. The molecule has 0 spiro atoms. The van der Waals surface area contributed by atoms with E-state index in [2.05, 4.69) is 14.9 Å². The number of pyridine rings is 1. The van der Waals surface area contributed by atoms with Crippen molar-refractivity contribution < 1.29 is 22.3 Å². The van der Waals surface area contributed by atoms with E-state index < -0.39 is 22.9 Å². The number of hydrogen-bond donors (Lipinski definition) is 3. The van der Waals surface area contributed by atoms with Crippen LogP contribution in [0.15, 0.2) is 53.6 Å². The van der Waals surface area contributed by atoms with Crippen LogP contribution in [0.4, 0.5) is 8.78 Å². The van der Waals surface area contributed by atoms with E-state index in [0.29, 0.717) is 28.5 Å². The van der Waals surface area contributed by atoms with Crippen LogP contribution in [0.1, 0.15) is 5.56 Å². The third kappa shape index (κ3) is 4.44. The van der Waals surface area contributed by atoms with Crippen LogP contribution in [0.3, 0.4) is 0 Å². The predicted octanol–water partition coefficient (Wildman–Crippen LogP) is 3.27. The highest BCUT2D eigenvalue weighted by atomic mass is 32.2. The number of aromatic amines is 1. The average Bonchev–Trinajstić information content (AvgIpc) is 3.23. The number of benzene rings is 2. The minimum Gasteiger partial charge on any atom is -0.454 e. The number of fused-ring (bicyclic) bond motifs is 1. The molecule has 3 N–H and O–H groups in total. The fourth-order valence-corrected chi connectivity index (χ4v) is 3.63. The van der Waals surface area contributed by atoms with Gasteiger partial charge in [-0.2, -0.15) is 5.10 Å². The Labute approximate surface area is 183 Å². The van der Waals surface area contributed by atoms with E-state index in [9.17, 15) is 17.8 Å². The molecule has 0 saturated carbocycles. The van der Waals surface area contributed by atoms with Gasteiger partial charge in [-0.1, -0.05) is 6.07 Å². The lowest BCUT2D eigenvalue weighted by Gasteiger charge is -2.15. The maximum Gasteiger partial charge on any atom is 0.276 e. The minimum absolute atomic E-state index is 0.161. The van der Waals surface area contributed by atoms with Gasteiger partial charge in [0.15, 0.2) is 11.6 Å². The standard InChI is InChI=1S/C21H18F2N4O4S/c1-27-11-16(15-10-24-26-20(15)21(27)28)14-8-12(6-7-25-32(29)30)2-4-18(14)31-19-5-3-13(22)9-17(19)23/h2-5,8-11,25H,6-7H2,1H3,(H,24,26)(H,29,30). The van der Waals surface area contributed by atoms with Crippen molar-refractivity contribution in [1.82, 2.24) is 19.5 Å². The number of halogens is 2. The number of hydrogen-bond acceptors (Lipinski definition) is 4. The highest BCUT2D eigenvalue weighted by molar-refractivity contribution is 7.77. The summed E-state index contributed by atoms with van der Waals surface area (Å²) in [6.45, 7) is 0.240. The maximum atomic E-state index is 14.2. The van der Waals surface area contributed by atoms with Gasteiger partial charge in [0, 0.05) is 42.4 Å². The van der Waals surface area contributed by atoms with E-state index >= 15 is 0 Å². The number of H-pyrrole nitrogens is 1. The number of aryl methyl sites for hydroxylation is 1. The molecule has 0 radical (unpaired) electrons. The predicted molar refractivity (Wildman–Crippen MR) is 116 cm³/mol. The second-order valence-corrected chi connectivity index (χ2v) is 7.81.